The van der Waals surface area contributed by atoms with Gasteiger partial charge in [0.05, 0.1) is 11.3 Å². The Morgan fingerprint density at radius 2 is 1.89 bits per heavy atom. The third-order valence-electron chi connectivity index (χ3n) is 7.42. The van der Waals surface area contributed by atoms with E-state index >= 15 is 4.39 Å². The minimum Gasteiger partial charge on any atom is -0.457 e. The summed E-state index contributed by atoms with van der Waals surface area (Å²) >= 11 is 0. The summed E-state index contributed by atoms with van der Waals surface area (Å²) in [6.07, 6.45) is 6.96. The number of nitrogens with zero attached hydrogens (tertiary/aromatic N) is 1. The van der Waals surface area contributed by atoms with Gasteiger partial charge in [-0.3, -0.25) is 9.78 Å². The average Bonchev–Trinajstić information content (AvgIpc) is 2.85. The van der Waals surface area contributed by atoms with Gasteiger partial charge in [0.1, 0.15) is 17.3 Å². The number of carbonyl (C=O) groups is 1. The van der Waals surface area contributed by atoms with E-state index in [-0.39, 0.29) is 17.5 Å². The molecule has 0 atom stereocenters. The third kappa shape index (κ3) is 5.10. The highest BCUT2D eigenvalue weighted by atomic mass is 19.1. The highest BCUT2D eigenvalue weighted by Gasteiger charge is 2.42. The smallest absolute Gasteiger partial charge is 0.254 e. The third-order valence-corrected chi connectivity index (χ3v) is 7.42. The lowest BCUT2D eigenvalue weighted by Gasteiger charge is -2.47. The first kappa shape index (κ1) is 25.4. The van der Waals surface area contributed by atoms with Gasteiger partial charge in [-0.15, -0.1) is 0 Å². The van der Waals surface area contributed by atoms with Crippen LogP contribution in [0.3, 0.4) is 0 Å². The van der Waals surface area contributed by atoms with Crippen molar-refractivity contribution >= 4 is 17.8 Å². The zero-order valence-electron chi connectivity index (χ0n) is 21.2. The molecular weight excluding hydrogens is 455 g/mol. The largest absolute Gasteiger partial charge is 0.457 e. The molecule has 0 aliphatic heterocycles. The zero-order chi connectivity index (χ0) is 25.9. The quantitative estimate of drug-likeness (QED) is 0.292. The maximum atomic E-state index is 15.2. The Balaban J connectivity index is 1.51. The minimum atomic E-state index is -0.562. The van der Waals surface area contributed by atoms with E-state index in [1.807, 2.05) is 6.07 Å². The van der Waals surface area contributed by atoms with Crippen molar-refractivity contribution in [3.8, 4) is 22.8 Å². The van der Waals surface area contributed by atoms with Crippen molar-refractivity contribution in [1.82, 2.24) is 10.3 Å². The number of hydrogen-bond donors (Lipinski definition) is 3. The Morgan fingerprint density at radius 3 is 2.53 bits per heavy atom. The number of anilines is 1. The maximum Gasteiger partial charge on any atom is 0.254 e. The monoisotopic (exact) mass is 488 g/mol. The molecule has 0 saturated heterocycles. The second-order valence-corrected chi connectivity index (χ2v) is 9.56. The molecule has 188 valence electrons. The summed E-state index contributed by atoms with van der Waals surface area (Å²) in [7, 11) is 1.78. The predicted octanol–water partition coefficient (Wildman–Crippen LogP) is 6.73. The molecule has 3 aromatic rings. The lowest BCUT2D eigenvalue weighted by atomic mass is 9.62. The van der Waals surface area contributed by atoms with Gasteiger partial charge < -0.3 is 20.8 Å². The lowest BCUT2D eigenvalue weighted by molar-refractivity contribution is 0.0603. The number of carbonyl (C=O) groups excluding carboxylic acids is 1. The first-order valence-corrected chi connectivity index (χ1v) is 12.4. The highest BCUT2D eigenvalue weighted by molar-refractivity contribution is 5.96. The molecule has 1 heterocycles. The van der Waals surface area contributed by atoms with Gasteiger partial charge in [0, 0.05) is 54.4 Å². The van der Waals surface area contributed by atoms with Crippen molar-refractivity contribution in [2.75, 3.05) is 12.4 Å². The molecule has 0 spiro atoms. The van der Waals surface area contributed by atoms with Crippen LogP contribution in [0.5, 0.6) is 11.5 Å². The summed E-state index contributed by atoms with van der Waals surface area (Å²) in [5.74, 6) is 0.224. The number of ether oxygens (including phenoxy) is 1. The van der Waals surface area contributed by atoms with Crippen LogP contribution in [0.25, 0.3) is 11.3 Å². The number of nitrogens with one attached hydrogen (secondary N) is 3. The first-order chi connectivity index (χ1) is 17.3. The molecule has 0 unspecified atom stereocenters. The molecule has 1 aliphatic carbocycles. The van der Waals surface area contributed by atoms with Crippen molar-refractivity contribution in [2.45, 2.75) is 52.5 Å². The Kier molecular flexibility index (Phi) is 7.38. The number of aromatic nitrogens is 1. The standard InChI is InChI=1S/C29H33FN4O2/c1-5-29(6-2)15-21(16-29)34-28(35)27-18(3)11-20(12-24(27)30)26-14-23(9-10-33-26)36-22-8-7-19(17-31)25(13-22)32-4/h7-14,17,21,31-32H,5-6,15-16H2,1-4H3,(H,34,35). The molecule has 3 N–H and O–H groups in total. The van der Waals surface area contributed by atoms with Crippen molar-refractivity contribution in [3.05, 3.63) is 71.2 Å². The average molecular weight is 489 g/mol. The Morgan fingerprint density at radius 1 is 1.17 bits per heavy atom. The Hall–Kier alpha value is -3.74. The number of aryl methyl sites for hydroxylation is 1. The van der Waals surface area contributed by atoms with E-state index in [0.29, 0.717) is 33.7 Å². The zero-order valence-corrected chi connectivity index (χ0v) is 21.2. The van der Waals surface area contributed by atoms with Crippen LogP contribution in [0.4, 0.5) is 10.1 Å². The second-order valence-electron chi connectivity index (χ2n) is 9.56. The molecule has 2 aromatic carbocycles. The van der Waals surface area contributed by atoms with E-state index in [2.05, 4.69) is 29.5 Å². The summed E-state index contributed by atoms with van der Waals surface area (Å²) in [5.41, 5.74) is 3.60. The van der Waals surface area contributed by atoms with E-state index < -0.39 is 5.82 Å². The second kappa shape index (κ2) is 10.5. The van der Waals surface area contributed by atoms with Gasteiger partial charge in [-0.2, -0.15) is 0 Å². The van der Waals surface area contributed by atoms with Gasteiger partial charge in [0.2, 0.25) is 0 Å². The molecule has 1 saturated carbocycles. The highest BCUT2D eigenvalue weighted by Crippen LogP contribution is 2.46. The van der Waals surface area contributed by atoms with Crippen molar-refractivity contribution < 1.29 is 13.9 Å². The van der Waals surface area contributed by atoms with Gasteiger partial charge in [-0.05, 0) is 61.1 Å². The molecule has 7 heteroatoms. The van der Waals surface area contributed by atoms with E-state index in [1.165, 1.54) is 12.3 Å². The number of benzene rings is 2. The first-order valence-electron chi connectivity index (χ1n) is 12.4. The minimum absolute atomic E-state index is 0.0857. The van der Waals surface area contributed by atoms with Crippen molar-refractivity contribution in [2.24, 2.45) is 5.41 Å². The fraction of sp³-hybridized carbons (Fsp3) is 0.345. The molecule has 36 heavy (non-hydrogen) atoms. The molecular formula is C29H33FN4O2. The summed E-state index contributed by atoms with van der Waals surface area (Å²) in [5, 5.41) is 13.6. The van der Waals surface area contributed by atoms with E-state index in [4.69, 9.17) is 10.1 Å². The number of pyridine rings is 1. The molecule has 1 amide bonds. The fourth-order valence-corrected chi connectivity index (χ4v) is 5.06. The van der Waals surface area contributed by atoms with Crippen LogP contribution in [0.2, 0.25) is 0 Å². The molecule has 0 bridgehead atoms. The van der Waals surface area contributed by atoms with E-state index in [1.54, 1.807) is 50.5 Å². The van der Waals surface area contributed by atoms with Crippen LogP contribution in [0, 0.1) is 23.6 Å². The van der Waals surface area contributed by atoms with Gasteiger partial charge in [-0.25, -0.2) is 4.39 Å². The molecule has 4 rings (SSSR count). The van der Waals surface area contributed by atoms with Gasteiger partial charge in [-0.1, -0.05) is 26.7 Å². The summed E-state index contributed by atoms with van der Waals surface area (Å²) in [6.45, 7) is 6.12. The van der Waals surface area contributed by atoms with Crippen molar-refractivity contribution in [1.29, 1.82) is 5.41 Å². The number of halogens is 1. The number of rotatable bonds is 9. The van der Waals surface area contributed by atoms with Crippen LogP contribution < -0.4 is 15.4 Å². The maximum absolute atomic E-state index is 15.2. The van der Waals surface area contributed by atoms with Crippen LogP contribution in [-0.4, -0.2) is 30.2 Å². The van der Waals surface area contributed by atoms with Crippen LogP contribution in [-0.2, 0) is 0 Å². The van der Waals surface area contributed by atoms with Gasteiger partial charge in [0.15, 0.2) is 0 Å². The molecule has 1 aliphatic rings. The summed E-state index contributed by atoms with van der Waals surface area (Å²) in [6, 6.07) is 12.1. The molecule has 0 radical (unpaired) electrons. The molecule has 1 aromatic heterocycles. The Labute approximate surface area is 211 Å². The van der Waals surface area contributed by atoms with E-state index in [0.717, 1.165) is 36.9 Å². The normalized spacial score (nSPS) is 14.6. The van der Waals surface area contributed by atoms with Crippen molar-refractivity contribution in [3.63, 3.8) is 0 Å². The summed E-state index contributed by atoms with van der Waals surface area (Å²) in [4.78, 5) is 17.3. The SMILES string of the molecule is CCC1(CC)CC(NC(=O)c2c(C)cc(-c3cc(Oc4ccc(C=N)c(NC)c4)ccn3)cc2F)C1. The van der Waals surface area contributed by atoms with Crippen LogP contribution >= 0.6 is 0 Å². The van der Waals surface area contributed by atoms with Gasteiger partial charge in [0.25, 0.3) is 5.91 Å². The summed E-state index contributed by atoms with van der Waals surface area (Å²) < 4.78 is 21.2. The topological polar surface area (TPSA) is 87.1 Å². The fourth-order valence-electron chi connectivity index (χ4n) is 5.06. The van der Waals surface area contributed by atoms with Crippen LogP contribution in [0.1, 0.15) is 61.0 Å². The lowest BCUT2D eigenvalue weighted by Crippen LogP contribution is -2.50. The molecule has 1 fully saturated rings. The van der Waals surface area contributed by atoms with E-state index in [9.17, 15) is 4.79 Å². The van der Waals surface area contributed by atoms with Crippen LogP contribution in [0.15, 0.2) is 48.7 Å². The number of hydrogen-bond acceptors (Lipinski definition) is 5. The van der Waals surface area contributed by atoms with Gasteiger partial charge >= 0.3 is 0 Å². The predicted molar refractivity (Wildman–Crippen MR) is 142 cm³/mol. The molecule has 6 nitrogen and oxygen atoms in total. The number of amides is 1. The Bertz CT molecular complexity index is 1260.